The first kappa shape index (κ1) is 16.5. The lowest BCUT2D eigenvalue weighted by atomic mass is 9.95. The van der Waals surface area contributed by atoms with E-state index in [1.54, 1.807) is 15.9 Å². The van der Waals surface area contributed by atoms with Gasteiger partial charge in [-0.1, -0.05) is 37.1 Å². The predicted octanol–water partition coefficient (Wildman–Crippen LogP) is 3.39. The number of fused-ring (bicyclic) bond motifs is 1. The molecule has 8 heteroatoms. The minimum absolute atomic E-state index is 0.0584. The van der Waals surface area contributed by atoms with Crippen molar-refractivity contribution in [3.05, 3.63) is 29.6 Å². The van der Waals surface area contributed by atoms with Crippen LogP contribution in [0, 0.1) is 0 Å². The monoisotopic (exact) mass is 373 g/mol. The van der Waals surface area contributed by atoms with Crippen LogP contribution in [0.4, 0.5) is 0 Å². The van der Waals surface area contributed by atoms with E-state index >= 15 is 0 Å². The van der Waals surface area contributed by atoms with Crippen LogP contribution in [0.1, 0.15) is 32.1 Å². The first-order chi connectivity index (χ1) is 12.3. The van der Waals surface area contributed by atoms with Crippen molar-refractivity contribution in [2.24, 2.45) is 0 Å². The topological polar surface area (TPSA) is 72.2 Å². The van der Waals surface area contributed by atoms with Crippen LogP contribution >= 0.6 is 23.1 Å². The van der Waals surface area contributed by atoms with Gasteiger partial charge in [-0.15, -0.1) is 21.5 Å². The molecule has 1 saturated carbocycles. The van der Waals surface area contributed by atoms with Crippen molar-refractivity contribution in [2.45, 2.75) is 43.3 Å². The van der Waals surface area contributed by atoms with E-state index < -0.39 is 0 Å². The normalized spacial score (nSPS) is 15.5. The van der Waals surface area contributed by atoms with Gasteiger partial charge in [0.2, 0.25) is 11.1 Å². The molecule has 0 saturated heterocycles. The van der Waals surface area contributed by atoms with Crippen LogP contribution in [-0.2, 0) is 4.79 Å². The molecule has 130 valence electrons. The zero-order valence-electron chi connectivity index (χ0n) is 13.7. The molecule has 1 amide bonds. The highest BCUT2D eigenvalue weighted by molar-refractivity contribution is 7.99. The Bertz CT molecular complexity index is 855. The predicted molar refractivity (Wildman–Crippen MR) is 99.8 cm³/mol. The summed E-state index contributed by atoms with van der Waals surface area (Å²) in [5.41, 5.74) is 1.58. The van der Waals surface area contributed by atoms with E-state index in [-0.39, 0.29) is 5.91 Å². The maximum absolute atomic E-state index is 12.2. The van der Waals surface area contributed by atoms with Crippen LogP contribution in [0.5, 0.6) is 0 Å². The number of nitrogens with zero attached hydrogens (tertiary/aromatic N) is 4. The summed E-state index contributed by atoms with van der Waals surface area (Å²) in [7, 11) is 0. The summed E-state index contributed by atoms with van der Waals surface area (Å²) in [6.07, 6.45) is 5.89. The Morgan fingerprint density at radius 3 is 2.92 bits per heavy atom. The van der Waals surface area contributed by atoms with Crippen LogP contribution in [0.25, 0.3) is 16.2 Å². The van der Waals surface area contributed by atoms with Crippen molar-refractivity contribution in [3.63, 3.8) is 0 Å². The molecule has 0 unspecified atom stereocenters. The number of hydrogen-bond donors (Lipinski definition) is 1. The van der Waals surface area contributed by atoms with Crippen molar-refractivity contribution >= 4 is 34.7 Å². The number of carbonyl (C=O) groups is 1. The zero-order chi connectivity index (χ0) is 17.1. The van der Waals surface area contributed by atoms with Crippen molar-refractivity contribution in [1.29, 1.82) is 0 Å². The number of aromatic nitrogens is 4. The van der Waals surface area contributed by atoms with Gasteiger partial charge in [-0.25, -0.2) is 0 Å². The Hall–Kier alpha value is -1.93. The highest BCUT2D eigenvalue weighted by Crippen LogP contribution is 2.24. The fourth-order valence-corrected chi connectivity index (χ4v) is 4.45. The fourth-order valence-electron chi connectivity index (χ4n) is 3.06. The molecule has 1 aliphatic carbocycles. The zero-order valence-corrected chi connectivity index (χ0v) is 15.4. The molecule has 1 N–H and O–H groups in total. The molecule has 3 aromatic rings. The van der Waals surface area contributed by atoms with Gasteiger partial charge in [-0.05, 0) is 36.4 Å². The molecular weight excluding hydrogens is 354 g/mol. The van der Waals surface area contributed by atoms with Crippen LogP contribution in [-0.4, -0.2) is 37.5 Å². The third-order valence-corrected chi connectivity index (χ3v) is 6.12. The third-order valence-electron chi connectivity index (χ3n) is 4.31. The minimum atomic E-state index is 0.0584. The second kappa shape index (κ2) is 7.53. The molecule has 0 bridgehead atoms. The van der Waals surface area contributed by atoms with Gasteiger partial charge in [0, 0.05) is 6.04 Å². The number of nitrogens with one attached hydrogen (secondary N) is 1. The van der Waals surface area contributed by atoms with E-state index in [9.17, 15) is 4.79 Å². The largest absolute Gasteiger partial charge is 0.353 e. The summed E-state index contributed by atoms with van der Waals surface area (Å²) >= 11 is 3.02. The van der Waals surface area contributed by atoms with E-state index in [1.165, 1.54) is 31.0 Å². The Labute approximate surface area is 154 Å². The molecule has 1 aliphatic rings. The van der Waals surface area contributed by atoms with Crippen molar-refractivity contribution in [3.8, 4) is 10.6 Å². The summed E-state index contributed by atoms with van der Waals surface area (Å²) in [5, 5.41) is 18.7. The highest BCUT2D eigenvalue weighted by atomic mass is 32.2. The van der Waals surface area contributed by atoms with Crippen LogP contribution < -0.4 is 5.32 Å². The molecule has 0 aromatic carbocycles. The smallest absolute Gasteiger partial charge is 0.230 e. The van der Waals surface area contributed by atoms with Crippen LogP contribution in [0.2, 0.25) is 0 Å². The average molecular weight is 374 g/mol. The maximum Gasteiger partial charge on any atom is 0.230 e. The lowest BCUT2D eigenvalue weighted by Gasteiger charge is -2.22. The number of rotatable bonds is 5. The van der Waals surface area contributed by atoms with Gasteiger partial charge in [-0.2, -0.15) is 9.61 Å². The van der Waals surface area contributed by atoms with E-state index in [1.807, 2.05) is 29.6 Å². The molecule has 0 radical (unpaired) electrons. The van der Waals surface area contributed by atoms with Crippen LogP contribution in [0.15, 0.2) is 34.8 Å². The number of hydrogen-bond acceptors (Lipinski definition) is 6. The van der Waals surface area contributed by atoms with Crippen LogP contribution in [0.3, 0.4) is 0 Å². The molecule has 4 rings (SSSR count). The summed E-state index contributed by atoms with van der Waals surface area (Å²) in [5.74, 6) is 0.394. The first-order valence-electron chi connectivity index (χ1n) is 8.48. The Morgan fingerprint density at radius 2 is 2.12 bits per heavy atom. The van der Waals surface area contributed by atoms with Crippen molar-refractivity contribution in [1.82, 2.24) is 25.1 Å². The first-order valence-corrected chi connectivity index (χ1v) is 10.3. The number of thiophene rings is 1. The summed E-state index contributed by atoms with van der Waals surface area (Å²) in [6, 6.07) is 8.22. The van der Waals surface area contributed by atoms with Crippen molar-refractivity contribution in [2.75, 3.05) is 5.75 Å². The van der Waals surface area contributed by atoms with E-state index in [4.69, 9.17) is 0 Å². The van der Waals surface area contributed by atoms with Gasteiger partial charge < -0.3 is 5.32 Å². The van der Waals surface area contributed by atoms with E-state index in [0.29, 0.717) is 22.6 Å². The standard InChI is InChI=1S/C17H19N5OS2/c23-16(18-12-5-2-1-3-6-12)11-25-17-20-19-15-9-8-13(21-22(15)17)14-7-4-10-24-14/h4,7-10,12H,1-3,5-6,11H2,(H,18,23). The van der Waals surface area contributed by atoms with Gasteiger partial charge >= 0.3 is 0 Å². The average Bonchev–Trinajstić information content (AvgIpc) is 3.30. The molecule has 0 spiro atoms. The van der Waals surface area contributed by atoms with Gasteiger partial charge in [0.15, 0.2) is 5.65 Å². The lowest BCUT2D eigenvalue weighted by Crippen LogP contribution is -2.37. The quantitative estimate of drug-likeness (QED) is 0.694. The SMILES string of the molecule is O=C(CSc1nnc2ccc(-c3cccs3)nn12)NC1CCCCC1. The number of amides is 1. The second-order valence-corrected chi connectivity index (χ2v) is 8.03. The maximum atomic E-state index is 12.2. The molecule has 0 aliphatic heterocycles. The molecule has 1 fully saturated rings. The summed E-state index contributed by atoms with van der Waals surface area (Å²) in [6.45, 7) is 0. The van der Waals surface area contributed by atoms with Gasteiger partial charge in [0.1, 0.15) is 5.69 Å². The van der Waals surface area contributed by atoms with Gasteiger partial charge in [0.05, 0.1) is 10.6 Å². The Kier molecular flexibility index (Phi) is 4.98. The lowest BCUT2D eigenvalue weighted by molar-refractivity contribution is -0.119. The molecule has 3 aromatic heterocycles. The molecular formula is C17H19N5OS2. The van der Waals surface area contributed by atoms with E-state index in [2.05, 4.69) is 20.6 Å². The Morgan fingerprint density at radius 1 is 1.24 bits per heavy atom. The molecule has 0 atom stereocenters. The molecule has 25 heavy (non-hydrogen) atoms. The minimum Gasteiger partial charge on any atom is -0.353 e. The summed E-state index contributed by atoms with van der Waals surface area (Å²) in [4.78, 5) is 13.3. The molecule has 6 nitrogen and oxygen atoms in total. The number of thioether (sulfide) groups is 1. The number of carbonyl (C=O) groups excluding carboxylic acids is 1. The molecule has 3 heterocycles. The summed E-state index contributed by atoms with van der Waals surface area (Å²) < 4.78 is 1.72. The third kappa shape index (κ3) is 3.85. The van der Waals surface area contributed by atoms with Gasteiger partial charge in [-0.3, -0.25) is 4.79 Å². The Balaban J connectivity index is 1.44. The van der Waals surface area contributed by atoms with E-state index in [0.717, 1.165) is 23.4 Å². The van der Waals surface area contributed by atoms with Gasteiger partial charge in [0.25, 0.3) is 0 Å². The fraction of sp³-hybridized carbons (Fsp3) is 0.412. The van der Waals surface area contributed by atoms with Crippen molar-refractivity contribution < 1.29 is 4.79 Å². The second-order valence-electron chi connectivity index (χ2n) is 6.14. The highest BCUT2D eigenvalue weighted by Gasteiger charge is 2.17.